The lowest BCUT2D eigenvalue weighted by molar-refractivity contribution is -0.142. The van der Waals surface area contributed by atoms with Crippen molar-refractivity contribution >= 4 is 23.2 Å². The van der Waals surface area contributed by atoms with Gasteiger partial charge in [-0.25, -0.2) is 0 Å². The highest BCUT2D eigenvalue weighted by Gasteiger charge is 2.36. The number of anilines is 2. The van der Waals surface area contributed by atoms with Crippen LogP contribution in [-0.4, -0.2) is 42.0 Å². The predicted molar refractivity (Wildman–Crippen MR) is 125 cm³/mol. The fourth-order valence-corrected chi connectivity index (χ4v) is 4.06. The molecule has 2 amide bonds. The average molecular weight is 424 g/mol. The van der Waals surface area contributed by atoms with Crippen molar-refractivity contribution in [1.82, 2.24) is 4.90 Å². The third-order valence-electron chi connectivity index (χ3n) is 6.23. The van der Waals surface area contributed by atoms with Crippen molar-refractivity contribution in [3.8, 4) is 5.75 Å². The van der Waals surface area contributed by atoms with E-state index in [4.69, 9.17) is 0 Å². The number of nitrogens with zero attached hydrogens (tertiary/aromatic N) is 2. The van der Waals surface area contributed by atoms with Crippen molar-refractivity contribution in [2.45, 2.75) is 53.6 Å². The lowest BCUT2D eigenvalue weighted by atomic mass is 9.91. The van der Waals surface area contributed by atoms with Gasteiger partial charge >= 0.3 is 0 Å². The number of aromatic hydroxyl groups is 1. The topological polar surface area (TPSA) is 72.9 Å². The summed E-state index contributed by atoms with van der Waals surface area (Å²) < 4.78 is 0. The Morgan fingerprint density at radius 1 is 1.10 bits per heavy atom. The van der Waals surface area contributed by atoms with Crippen molar-refractivity contribution in [3.05, 3.63) is 52.1 Å². The van der Waals surface area contributed by atoms with E-state index >= 15 is 0 Å². The molecule has 2 aromatic carbocycles. The fourth-order valence-electron chi connectivity index (χ4n) is 4.06. The molecule has 3 rings (SSSR count). The smallest absolute Gasteiger partial charge is 0.247 e. The predicted octanol–water partition coefficient (Wildman–Crippen LogP) is 3.93. The minimum absolute atomic E-state index is 0.0316. The highest BCUT2D eigenvalue weighted by molar-refractivity contribution is 5.98. The molecule has 166 valence electrons. The molecule has 31 heavy (non-hydrogen) atoms. The van der Waals surface area contributed by atoms with E-state index in [0.717, 1.165) is 27.9 Å². The van der Waals surface area contributed by atoms with Gasteiger partial charge in [0.15, 0.2) is 0 Å². The van der Waals surface area contributed by atoms with Crippen LogP contribution in [0.2, 0.25) is 0 Å². The van der Waals surface area contributed by atoms with Gasteiger partial charge in [0, 0.05) is 44.4 Å². The number of carbonyl (C=O) groups excluding carboxylic acids is 2. The summed E-state index contributed by atoms with van der Waals surface area (Å²) in [5.74, 6) is -0.191. The van der Waals surface area contributed by atoms with E-state index in [9.17, 15) is 14.7 Å². The zero-order valence-corrected chi connectivity index (χ0v) is 19.5. The van der Waals surface area contributed by atoms with Gasteiger partial charge in [0.25, 0.3) is 0 Å². The molecule has 0 aliphatic carbocycles. The number of aryl methyl sites for hydroxylation is 1. The SMILES string of the molecule is Cc1cc(NC(=O)[C@@H]2Cc3ccc(N(C)C)cc3CN2C(=O)C(C)C)c(C)c(C)c1O. The molecule has 6 nitrogen and oxygen atoms in total. The minimum atomic E-state index is -0.582. The minimum Gasteiger partial charge on any atom is -0.507 e. The molecular formula is C25H33N3O3. The molecule has 6 heteroatoms. The summed E-state index contributed by atoms with van der Waals surface area (Å²) in [6.07, 6.45) is 0.475. The number of amides is 2. The van der Waals surface area contributed by atoms with Gasteiger partial charge in [0.05, 0.1) is 0 Å². The number of fused-ring (bicyclic) bond motifs is 1. The number of hydrogen-bond donors (Lipinski definition) is 2. The van der Waals surface area contributed by atoms with E-state index in [2.05, 4.69) is 17.4 Å². The highest BCUT2D eigenvalue weighted by Crippen LogP contribution is 2.32. The normalized spacial score (nSPS) is 15.6. The average Bonchev–Trinajstić information content (AvgIpc) is 2.73. The van der Waals surface area contributed by atoms with Crippen LogP contribution in [0.3, 0.4) is 0 Å². The fraction of sp³-hybridized carbons (Fsp3) is 0.440. The number of carbonyl (C=O) groups is 2. The van der Waals surface area contributed by atoms with Crippen LogP contribution in [0, 0.1) is 26.7 Å². The van der Waals surface area contributed by atoms with Crippen molar-refractivity contribution in [3.63, 3.8) is 0 Å². The van der Waals surface area contributed by atoms with Crippen molar-refractivity contribution in [2.24, 2.45) is 5.92 Å². The van der Waals surface area contributed by atoms with Gasteiger partial charge in [0.2, 0.25) is 11.8 Å². The molecule has 1 heterocycles. The summed E-state index contributed by atoms with van der Waals surface area (Å²) in [4.78, 5) is 30.1. The van der Waals surface area contributed by atoms with Crippen LogP contribution >= 0.6 is 0 Å². The number of nitrogens with one attached hydrogen (secondary N) is 1. The first-order valence-electron chi connectivity index (χ1n) is 10.7. The molecule has 0 unspecified atom stereocenters. The van der Waals surface area contributed by atoms with Crippen LogP contribution in [0.1, 0.15) is 41.7 Å². The maximum Gasteiger partial charge on any atom is 0.247 e. The second kappa shape index (κ2) is 8.61. The number of hydrogen-bond acceptors (Lipinski definition) is 4. The molecule has 2 aromatic rings. The van der Waals surface area contributed by atoms with E-state index in [-0.39, 0.29) is 23.5 Å². The standard InChI is InChI=1S/C25H33N3O3/c1-14(2)25(31)28-13-19-11-20(27(6)7)9-8-18(19)12-22(28)24(30)26-21-10-15(3)23(29)17(5)16(21)4/h8-11,14,22,29H,12-13H2,1-7H3,(H,26,30)/t22-/m0/s1. The van der Waals surface area contributed by atoms with E-state index in [0.29, 0.717) is 24.2 Å². The van der Waals surface area contributed by atoms with Crippen molar-refractivity contribution < 1.29 is 14.7 Å². The lowest BCUT2D eigenvalue weighted by Crippen LogP contribution is -2.51. The van der Waals surface area contributed by atoms with Crippen LogP contribution in [-0.2, 0) is 22.6 Å². The van der Waals surface area contributed by atoms with Crippen LogP contribution in [0.5, 0.6) is 5.75 Å². The Bertz CT molecular complexity index is 1030. The molecule has 0 saturated heterocycles. The Balaban J connectivity index is 1.95. The maximum atomic E-state index is 13.4. The molecule has 0 saturated carbocycles. The lowest BCUT2D eigenvalue weighted by Gasteiger charge is -2.37. The molecule has 2 N–H and O–H groups in total. The van der Waals surface area contributed by atoms with Gasteiger partial charge in [-0.3, -0.25) is 9.59 Å². The Labute approximate surface area is 184 Å². The Hall–Kier alpha value is -3.02. The Morgan fingerprint density at radius 3 is 2.39 bits per heavy atom. The van der Waals surface area contributed by atoms with Gasteiger partial charge in [-0.05, 0) is 66.8 Å². The van der Waals surface area contributed by atoms with Crippen LogP contribution in [0.15, 0.2) is 24.3 Å². The van der Waals surface area contributed by atoms with Gasteiger partial charge < -0.3 is 20.2 Å². The summed E-state index contributed by atoms with van der Waals surface area (Å²) in [7, 11) is 3.98. The molecule has 0 fully saturated rings. The second-order valence-electron chi connectivity index (χ2n) is 9.02. The van der Waals surface area contributed by atoms with Crippen LogP contribution in [0.4, 0.5) is 11.4 Å². The molecule has 1 aliphatic heterocycles. The summed E-state index contributed by atoms with van der Waals surface area (Å²) in [6.45, 7) is 9.66. The summed E-state index contributed by atoms with van der Waals surface area (Å²) in [5, 5.41) is 13.2. The first-order chi connectivity index (χ1) is 14.5. The molecule has 1 aliphatic rings. The quantitative estimate of drug-likeness (QED) is 0.731. The zero-order valence-electron chi connectivity index (χ0n) is 19.5. The van der Waals surface area contributed by atoms with E-state index in [1.165, 1.54) is 0 Å². The number of rotatable bonds is 4. The molecule has 0 spiro atoms. The summed E-state index contributed by atoms with van der Waals surface area (Å²) in [5.41, 5.74) is 6.19. The van der Waals surface area contributed by atoms with E-state index < -0.39 is 6.04 Å². The van der Waals surface area contributed by atoms with Crippen LogP contribution in [0.25, 0.3) is 0 Å². The second-order valence-corrected chi connectivity index (χ2v) is 9.02. The van der Waals surface area contributed by atoms with Gasteiger partial charge in [-0.1, -0.05) is 19.9 Å². The molecule has 0 bridgehead atoms. The van der Waals surface area contributed by atoms with Gasteiger partial charge in [-0.15, -0.1) is 0 Å². The molecule has 0 aromatic heterocycles. The van der Waals surface area contributed by atoms with Gasteiger partial charge in [0.1, 0.15) is 11.8 Å². The zero-order chi connectivity index (χ0) is 23.0. The first kappa shape index (κ1) is 22.7. The third kappa shape index (κ3) is 4.38. The Kier molecular flexibility index (Phi) is 6.30. The third-order valence-corrected chi connectivity index (χ3v) is 6.23. The first-order valence-corrected chi connectivity index (χ1v) is 10.7. The maximum absolute atomic E-state index is 13.4. The van der Waals surface area contributed by atoms with Crippen LogP contribution < -0.4 is 10.2 Å². The van der Waals surface area contributed by atoms with Crippen molar-refractivity contribution in [1.29, 1.82) is 0 Å². The van der Waals surface area contributed by atoms with Gasteiger partial charge in [-0.2, -0.15) is 0 Å². The summed E-state index contributed by atoms with van der Waals surface area (Å²) in [6, 6.07) is 7.40. The number of benzene rings is 2. The van der Waals surface area contributed by atoms with E-state index in [1.807, 2.05) is 59.7 Å². The van der Waals surface area contributed by atoms with E-state index in [1.54, 1.807) is 11.0 Å². The number of phenols is 1. The molecular weight excluding hydrogens is 390 g/mol. The molecule has 0 radical (unpaired) electrons. The summed E-state index contributed by atoms with van der Waals surface area (Å²) >= 11 is 0. The number of phenolic OH excluding ortho intramolecular Hbond substituents is 1. The molecule has 1 atom stereocenters. The largest absolute Gasteiger partial charge is 0.507 e. The van der Waals surface area contributed by atoms with Crippen molar-refractivity contribution in [2.75, 3.05) is 24.3 Å². The highest BCUT2D eigenvalue weighted by atomic mass is 16.3. The Morgan fingerprint density at radius 2 is 1.77 bits per heavy atom. The monoisotopic (exact) mass is 423 g/mol.